The topological polar surface area (TPSA) is 58.2 Å². The monoisotopic (exact) mass is 466 g/mol. The number of rotatable bonds is 24. The Labute approximate surface area is 206 Å². The van der Waals surface area contributed by atoms with Gasteiger partial charge in [-0.05, 0) is 18.8 Å². The zero-order valence-electron chi connectivity index (χ0n) is 22.8. The van der Waals surface area contributed by atoms with Crippen molar-refractivity contribution in [1.29, 1.82) is 0 Å². The van der Waals surface area contributed by atoms with Gasteiger partial charge in [-0.2, -0.15) is 0 Å². The summed E-state index contributed by atoms with van der Waals surface area (Å²) in [6.45, 7) is 9.20. The number of nitrogens with one attached hydrogen (secondary N) is 2. The molecule has 0 saturated carbocycles. The second-order valence-electron chi connectivity index (χ2n) is 10.3. The van der Waals surface area contributed by atoms with E-state index in [0.717, 1.165) is 25.7 Å². The molecule has 4 nitrogen and oxygen atoms in total. The molecule has 1 atom stereocenters. The van der Waals surface area contributed by atoms with Gasteiger partial charge in [-0.3, -0.25) is 9.59 Å². The fourth-order valence-electron chi connectivity index (χ4n) is 4.31. The molecule has 0 unspecified atom stereocenters. The van der Waals surface area contributed by atoms with Gasteiger partial charge < -0.3 is 10.6 Å². The van der Waals surface area contributed by atoms with Gasteiger partial charge in [0.05, 0.1) is 0 Å². The van der Waals surface area contributed by atoms with E-state index in [1.807, 2.05) is 13.8 Å². The molecule has 196 valence electrons. The van der Waals surface area contributed by atoms with E-state index >= 15 is 0 Å². The first kappa shape index (κ1) is 31.9. The van der Waals surface area contributed by atoms with Crippen LogP contribution in [-0.2, 0) is 9.59 Å². The molecule has 33 heavy (non-hydrogen) atoms. The van der Waals surface area contributed by atoms with E-state index in [9.17, 15) is 9.59 Å². The van der Waals surface area contributed by atoms with E-state index in [2.05, 4.69) is 24.5 Å². The number of carbonyl (C=O) groups excluding carboxylic acids is 2. The summed E-state index contributed by atoms with van der Waals surface area (Å²) in [6.07, 6.45) is 24.8. The Morgan fingerprint density at radius 3 is 1.39 bits per heavy atom. The summed E-state index contributed by atoms with van der Waals surface area (Å²) >= 11 is 0. The van der Waals surface area contributed by atoms with Crippen molar-refractivity contribution in [3.8, 4) is 0 Å². The van der Waals surface area contributed by atoms with Crippen molar-refractivity contribution in [1.82, 2.24) is 10.6 Å². The number of hydrogen-bond acceptors (Lipinski definition) is 2. The maximum Gasteiger partial charge on any atom is 0.242 e. The molecular formula is C29H58N2O2. The highest BCUT2D eigenvalue weighted by Gasteiger charge is 2.23. The van der Waals surface area contributed by atoms with Gasteiger partial charge in [-0.1, -0.05) is 137 Å². The second-order valence-corrected chi connectivity index (χ2v) is 10.3. The lowest BCUT2D eigenvalue weighted by Gasteiger charge is -2.21. The number of carbonyl (C=O) groups is 2. The highest BCUT2D eigenvalue weighted by Crippen LogP contribution is 2.13. The maximum atomic E-state index is 12.5. The van der Waals surface area contributed by atoms with Gasteiger partial charge in [-0.15, -0.1) is 0 Å². The van der Waals surface area contributed by atoms with Crippen LogP contribution in [0.3, 0.4) is 0 Å². The third-order valence-corrected chi connectivity index (χ3v) is 6.60. The minimum atomic E-state index is -0.417. The Kier molecular flexibility index (Phi) is 23.3. The highest BCUT2D eigenvalue weighted by molar-refractivity contribution is 5.87. The third-order valence-electron chi connectivity index (χ3n) is 6.60. The Hall–Kier alpha value is -1.06. The molecule has 0 heterocycles. The number of hydrogen-bond donors (Lipinski definition) is 2. The smallest absolute Gasteiger partial charge is 0.242 e. The SMILES string of the molecule is CCCCCCCCCCCCCCCC(=O)N[C@H](C(=O)NCCCCCCCC)C(C)C. The van der Waals surface area contributed by atoms with Gasteiger partial charge in [-0.25, -0.2) is 0 Å². The summed E-state index contributed by atoms with van der Waals surface area (Å²) in [7, 11) is 0. The highest BCUT2D eigenvalue weighted by atomic mass is 16.2. The van der Waals surface area contributed by atoms with Crippen molar-refractivity contribution in [2.45, 2.75) is 162 Å². The predicted octanol–water partition coefficient (Wildman–Crippen LogP) is 8.09. The normalized spacial score (nSPS) is 12.2. The summed E-state index contributed by atoms with van der Waals surface area (Å²) in [6, 6.07) is -0.417. The molecule has 0 aliphatic carbocycles. The van der Waals surface area contributed by atoms with Crippen molar-refractivity contribution in [2.24, 2.45) is 5.92 Å². The van der Waals surface area contributed by atoms with Crippen LogP contribution in [0.25, 0.3) is 0 Å². The first-order valence-electron chi connectivity index (χ1n) is 14.6. The van der Waals surface area contributed by atoms with Crippen LogP contribution in [0.15, 0.2) is 0 Å². The summed E-state index contributed by atoms with van der Waals surface area (Å²) in [5.74, 6) is 0.0916. The van der Waals surface area contributed by atoms with Crippen LogP contribution in [-0.4, -0.2) is 24.4 Å². The Morgan fingerprint density at radius 2 is 0.970 bits per heavy atom. The summed E-state index contributed by atoms with van der Waals surface area (Å²) in [4.78, 5) is 24.9. The molecule has 0 aromatic heterocycles. The predicted molar refractivity (Wildman–Crippen MR) is 143 cm³/mol. The van der Waals surface area contributed by atoms with Crippen LogP contribution in [0.5, 0.6) is 0 Å². The second kappa shape index (κ2) is 24.1. The van der Waals surface area contributed by atoms with E-state index < -0.39 is 6.04 Å². The molecule has 0 radical (unpaired) electrons. The maximum absolute atomic E-state index is 12.5. The molecule has 0 aromatic carbocycles. The van der Waals surface area contributed by atoms with Gasteiger partial charge in [0.25, 0.3) is 0 Å². The van der Waals surface area contributed by atoms with Crippen molar-refractivity contribution >= 4 is 11.8 Å². The van der Waals surface area contributed by atoms with E-state index in [1.165, 1.54) is 96.3 Å². The Morgan fingerprint density at radius 1 is 0.576 bits per heavy atom. The average molecular weight is 467 g/mol. The van der Waals surface area contributed by atoms with Crippen molar-refractivity contribution < 1.29 is 9.59 Å². The van der Waals surface area contributed by atoms with Crippen molar-refractivity contribution in [2.75, 3.05) is 6.54 Å². The molecule has 0 spiro atoms. The molecule has 2 N–H and O–H groups in total. The molecule has 0 bridgehead atoms. The van der Waals surface area contributed by atoms with Gasteiger partial charge in [0.2, 0.25) is 11.8 Å². The van der Waals surface area contributed by atoms with E-state index in [1.54, 1.807) is 0 Å². The van der Waals surface area contributed by atoms with Gasteiger partial charge >= 0.3 is 0 Å². The summed E-state index contributed by atoms with van der Waals surface area (Å²) in [5.41, 5.74) is 0. The number of unbranched alkanes of at least 4 members (excludes halogenated alkanes) is 17. The zero-order valence-corrected chi connectivity index (χ0v) is 22.8. The summed E-state index contributed by atoms with van der Waals surface area (Å²) < 4.78 is 0. The number of amides is 2. The lowest BCUT2D eigenvalue weighted by atomic mass is 10.0. The van der Waals surface area contributed by atoms with Crippen LogP contribution < -0.4 is 10.6 Å². The van der Waals surface area contributed by atoms with Crippen LogP contribution in [0.1, 0.15) is 156 Å². The van der Waals surface area contributed by atoms with E-state index in [4.69, 9.17) is 0 Å². The summed E-state index contributed by atoms with van der Waals surface area (Å²) in [5, 5.41) is 6.00. The van der Waals surface area contributed by atoms with Crippen LogP contribution >= 0.6 is 0 Å². The molecule has 0 aliphatic heterocycles. The van der Waals surface area contributed by atoms with Crippen molar-refractivity contribution in [3.05, 3.63) is 0 Å². The van der Waals surface area contributed by atoms with Crippen LogP contribution in [0.4, 0.5) is 0 Å². The van der Waals surface area contributed by atoms with Gasteiger partial charge in [0, 0.05) is 13.0 Å². The van der Waals surface area contributed by atoms with Crippen LogP contribution in [0.2, 0.25) is 0 Å². The van der Waals surface area contributed by atoms with Crippen LogP contribution in [0, 0.1) is 5.92 Å². The lowest BCUT2D eigenvalue weighted by molar-refractivity contribution is -0.130. The Balaban J connectivity index is 3.73. The average Bonchev–Trinajstić information content (AvgIpc) is 2.79. The zero-order chi connectivity index (χ0) is 24.6. The standard InChI is InChI=1S/C29H58N2O2/c1-5-7-9-11-13-14-15-16-17-18-19-20-22-24-27(32)31-28(26(3)4)29(33)30-25-23-21-12-10-8-6-2/h26,28H,5-25H2,1-4H3,(H,30,33)(H,31,32)/t28-/m0/s1. The fourth-order valence-corrected chi connectivity index (χ4v) is 4.31. The molecule has 0 saturated heterocycles. The molecule has 2 amide bonds. The lowest BCUT2D eigenvalue weighted by Crippen LogP contribution is -2.49. The molecule has 0 rings (SSSR count). The molecule has 4 heteroatoms. The molecule has 0 aromatic rings. The van der Waals surface area contributed by atoms with E-state index in [-0.39, 0.29) is 17.7 Å². The molecule has 0 fully saturated rings. The van der Waals surface area contributed by atoms with Gasteiger partial charge in [0.1, 0.15) is 6.04 Å². The van der Waals surface area contributed by atoms with Crippen molar-refractivity contribution in [3.63, 3.8) is 0 Å². The van der Waals surface area contributed by atoms with Gasteiger partial charge in [0.15, 0.2) is 0 Å². The Bertz CT molecular complexity index is 451. The minimum absolute atomic E-state index is 0.0199. The largest absolute Gasteiger partial charge is 0.354 e. The molecular weight excluding hydrogens is 408 g/mol. The third kappa shape index (κ3) is 21.2. The van der Waals surface area contributed by atoms with E-state index in [0.29, 0.717) is 13.0 Å². The first-order valence-corrected chi connectivity index (χ1v) is 14.6. The first-order chi connectivity index (χ1) is 16.0. The quantitative estimate of drug-likeness (QED) is 0.141. The fraction of sp³-hybridized carbons (Fsp3) is 0.931. The minimum Gasteiger partial charge on any atom is -0.354 e. The molecule has 0 aliphatic rings.